The van der Waals surface area contributed by atoms with E-state index >= 15 is 0 Å². The summed E-state index contributed by atoms with van der Waals surface area (Å²) in [5.74, 6) is 0.890. The third-order valence-electron chi connectivity index (χ3n) is 3.12. The van der Waals surface area contributed by atoms with E-state index in [0.29, 0.717) is 11.8 Å². The van der Waals surface area contributed by atoms with Gasteiger partial charge in [-0.1, -0.05) is 52.0 Å². The molecule has 1 aromatic rings. The SMILES string of the molecule is COC(=O)C(NCC(C)C)c1ccc(CC(C)C)cc1. The van der Waals surface area contributed by atoms with E-state index in [0.717, 1.165) is 18.5 Å². The van der Waals surface area contributed by atoms with Crippen LogP contribution >= 0.6 is 0 Å². The maximum absolute atomic E-state index is 11.9. The van der Waals surface area contributed by atoms with E-state index in [-0.39, 0.29) is 12.0 Å². The number of methoxy groups -OCH3 is 1. The summed E-state index contributed by atoms with van der Waals surface area (Å²) in [5.41, 5.74) is 2.27. The fourth-order valence-electron chi connectivity index (χ4n) is 2.13. The van der Waals surface area contributed by atoms with E-state index in [2.05, 4.69) is 45.1 Å². The van der Waals surface area contributed by atoms with Crippen LogP contribution in [0.5, 0.6) is 0 Å². The smallest absolute Gasteiger partial charge is 0.327 e. The molecule has 0 radical (unpaired) electrons. The van der Waals surface area contributed by atoms with Crippen LogP contribution in [0.25, 0.3) is 0 Å². The summed E-state index contributed by atoms with van der Waals surface area (Å²) >= 11 is 0. The lowest BCUT2D eigenvalue weighted by atomic mass is 9.99. The lowest BCUT2D eigenvalue weighted by Crippen LogP contribution is -2.32. The highest BCUT2D eigenvalue weighted by atomic mass is 16.5. The van der Waals surface area contributed by atoms with Crippen LogP contribution in [0.3, 0.4) is 0 Å². The van der Waals surface area contributed by atoms with Crippen molar-refractivity contribution < 1.29 is 9.53 Å². The summed E-state index contributed by atoms with van der Waals surface area (Å²) in [6.07, 6.45) is 1.06. The molecule has 112 valence electrons. The molecule has 20 heavy (non-hydrogen) atoms. The Morgan fingerprint density at radius 1 is 1.10 bits per heavy atom. The molecular weight excluding hydrogens is 250 g/mol. The van der Waals surface area contributed by atoms with Crippen LogP contribution in [-0.4, -0.2) is 19.6 Å². The van der Waals surface area contributed by atoms with Gasteiger partial charge in [-0.3, -0.25) is 0 Å². The van der Waals surface area contributed by atoms with Gasteiger partial charge in [-0.05, 0) is 35.9 Å². The van der Waals surface area contributed by atoms with Gasteiger partial charge in [0.1, 0.15) is 6.04 Å². The van der Waals surface area contributed by atoms with Crippen LogP contribution in [0.4, 0.5) is 0 Å². The second-order valence-corrected chi connectivity index (χ2v) is 6.10. The topological polar surface area (TPSA) is 38.3 Å². The van der Waals surface area contributed by atoms with Crippen LogP contribution in [0.2, 0.25) is 0 Å². The highest BCUT2D eigenvalue weighted by Gasteiger charge is 2.20. The van der Waals surface area contributed by atoms with E-state index in [9.17, 15) is 4.79 Å². The summed E-state index contributed by atoms with van der Waals surface area (Å²) in [6.45, 7) is 9.43. The van der Waals surface area contributed by atoms with Crippen molar-refractivity contribution in [3.8, 4) is 0 Å². The van der Waals surface area contributed by atoms with Gasteiger partial charge in [-0.15, -0.1) is 0 Å². The monoisotopic (exact) mass is 277 g/mol. The number of ether oxygens (including phenoxy) is 1. The van der Waals surface area contributed by atoms with Crippen LogP contribution in [0.1, 0.15) is 44.9 Å². The summed E-state index contributed by atoms with van der Waals surface area (Å²) in [4.78, 5) is 11.9. The molecule has 3 nitrogen and oxygen atoms in total. The molecule has 0 saturated carbocycles. The molecule has 0 fully saturated rings. The minimum atomic E-state index is -0.379. The Bertz CT molecular complexity index is 410. The second-order valence-electron chi connectivity index (χ2n) is 6.10. The normalized spacial score (nSPS) is 12.8. The van der Waals surface area contributed by atoms with Crippen molar-refractivity contribution in [2.75, 3.05) is 13.7 Å². The van der Waals surface area contributed by atoms with E-state index in [1.54, 1.807) is 0 Å². The average Bonchev–Trinajstić information content (AvgIpc) is 2.39. The van der Waals surface area contributed by atoms with Crippen LogP contribution in [-0.2, 0) is 16.0 Å². The maximum atomic E-state index is 11.9. The Morgan fingerprint density at radius 3 is 2.15 bits per heavy atom. The zero-order valence-corrected chi connectivity index (χ0v) is 13.3. The molecule has 0 amide bonds. The minimum Gasteiger partial charge on any atom is -0.468 e. The highest BCUT2D eigenvalue weighted by molar-refractivity contribution is 5.77. The molecule has 1 unspecified atom stereocenters. The van der Waals surface area contributed by atoms with Gasteiger partial charge in [0.15, 0.2) is 0 Å². The summed E-state index contributed by atoms with van der Waals surface area (Å²) in [6, 6.07) is 7.86. The quantitative estimate of drug-likeness (QED) is 0.777. The Labute approximate surface area is 122 Å². The Morgan fingerprint density at radius 2 is 1.70 bits per heavy atom. The number of hydrogen-bond donors (Lipinski definition) is 1. The molecule has 0 aliphatic heterocycles. The number of carbonyl (C=O) groups is 1. The van der Waals surface area contributed by atoms with Gasteiger partial charge in [0.05, 0.1) is 7.11 Å². The van der Waals surface area contributed by atoms with E-state index in [4.69, 9.17) is 4.74 Å². The zero-order chi connectivity index (χ0) is 15.1. The molecule has 1 N–H and O–H groups in total. The fraction of sp³-hybridized carbons (Fsp3) is 0.588. The van der Waals surface area contributed by atoms with Crippen molar-refractivity contribution in [1.29, 1.82) is 0 Å². The van der Waals surface area contributed by atoms with Gasteiger partial charge in [0.2, 0.25) is 0 Å². The number of hydrogen-bond acceptors (Lipinski definition) is 3. The van der Waals surface area contributed by atoms with Crippen LogP contribution in [0.15, 0.2) is 24.3 Å². The predicted molar refractivity (Wildman–Crippen MR) is 82.6 cm³/mol. The number of benzene rings is 1. The molecule has 1 rings (SSSR count). The first-order valence-electron chi connectivity index (χ1n) is 7.34. The minimum absolute atomic E-state index is 0.234. The number of carbonyl (C=O) groups excluding carboxylic acids is 1. The molecule has 0 heterocycles. The fourth-order valence-corrected chi connectivity index (χ4v) is 2.13. The van der Waals surface area contributed by atoms with Crippen LogP contribution < -0.4 is 5.32 Å². The largest absolute Gasteiger partial charge is 0.468 e. The number of esters is 1. The van der Waals surface area contributed by atoms with Gasteiger partial charge in [-0.2, -0.15) is 0 Å². The van der Waals surface area contributed by atoms with Crippen molar-refractivity contribution in [1.82, 2.24) is 5.32 Å². The Balaban J connectivity index is 2.82. The Hall–Kier alpha value is -1.35. The first-order valence-corrected chi connectivity index (χ1v) is 7.34. The van der Waals surface area contributed by atoms with E-state index in [1.165, 1.54) is 12.7 Å². The molecule has 0 aliphatic carbocycles. The number of rotatable bonds is 7. The average molecular weight is 277 g/mol. The summed E-state index contributed by atoms with van der Waals surface area (Å²) < 4.78 is 4.89. The van der Waals surface area contributed by atoms with Crippen molar-refractivity contribution in [3.63, 3.8) is 0 Å². The molecule has 1 aromatic carbocycles. The van der Waals surface area contributed by atoms with Crippen LogP contribution in [0, 0.1) is 11.8 Å². The number of nitrogens with one attached hydrogen (secondary N) is 1. The predicted octanol–water partition coefficient (Wildman–Crippen LogP) is 3.34. The van der Waals surface area contributed by atoms with Gasteiger partial charge < -0.3 is 10.1 Å². The van der Waals surface area contributed by atoms with Crippen molar-refractivity contribution in [3.05, 3.63) is 35.4 Å². The third-order valence-corrected chi connectivity index (χ3v) is 3.12. The first-order chi connectivity index (χ1) is 9.43. The van der Waals surface area contributed by atoms with Crippen molar-refractivity contribution >= 4 is 5.97 Å². The second kappa shape index (κ2) is 8.05. The lowest BCUT2D eigenvalue weighted by Gasteiger charge is -2.18. The van der Waals surface area contributed by atoms with E-state index < -0.39 is 0 Å². The van der Waals surface area contributed by atoms with Gasteiger partial charge in [-0.25, -0.2) is 4.79 Å². The van der Waals surface area contributed by atoms with Crippen molar-refractivity contribution in [2.45, 2.75) is 40.2 Å². The molecule has 0 spiro atoms. The van der Waals surface area contributed by atoms with Gasteiger partial charge in [0, 0.05) is 0 Å². The van der Waals surface area contributed by atoms with Gasteiger partial charge in [0.25, 0.3) is 0 Å². The van der Waals surface area contributed by atoms with Crippen molar-refractivity contribution in [2.24, 2.45) is 11.8 Å². The highest BCUT2D eigenvalue weighted by Crippen LogP contribution is 2.17. The first kappa shape index (κ1) is 16.7. The third kappa shape index (κ3) is 5.33. The molecular formula is C17H27NO2. The standard InChI is InChI=1S/C17H27NO2/c1-12(2)10-14-6-8-15(9-7-14)16(17(19)20-5)18-11-13(3)4/h6-9,12-13,16,18H,10-11H2,1-5H3. The molecule has 0 aromatic heterocycles. The Kier molecular flexibility index (Phi) is 6.73. The molecule has 3 heteroatoms. The molecule has 1 atom stereocenters. The molecule has 0 aliphatic rings. The van der Waals surface area contributed by atoms with Gasteiger partial charge >= 0.3 is 5.97 Å². The molecule has 0 saturated heterocycles. The summed E-state index contributed by atoms with van der Waals surface area (Å²) in [5, 5.41) is 3.27. The maximum Gasteiger partial charge on any atom is 0.327 e. The molecule has 0 bridgehead atoms. The zero-order valence-electron chi connectivity index (χ0n) is 13.3. The summed E-state index contributed by atoms with van der Waals surface area (Å²) in [7, 11) is 1.43. The van der Waals surface area contributed by atoms with E-state index in [1.807, 2.05) is 12.1 Å². The lowest BCUT2D eigenvalue weighted by molar-refractivity contribution is -0.143.